The van der Waals surface area contributed by atoms with E-state index < -0.39 is 5.97 Å². The van der Waals surface area contributed by atoms with Gasteiger partial charge in [0.2, 0.25) is 0 Å². The van der Waals surface area contributed by atoms with E-state index >= 15 is 0 Å². The normalized spacial score (nSPS) is 12.5. The Hall–Kier alpha value is -1.30. The third-order valence-corrected chi connectivity index (χ3v) is 3.92. The van der Waals surface area contributed by atoms with Gasteiger partial charge in [0.25, 0.3) is 0 Å². The van der Waals surface area contributed by atoms with E-state index in [9.17, 15) is 4.79 Å². The molecular weight excluding hydrogens is 286 g/mol. The van der Waals surface area contributed by atoms with Gasteiger partial charge >= 0.3 is 5.97 Å². The minimum atomic E-state index is -0.782. The highest BCUT2D eigenvalue weighted by atomic mass is 35.5. The molecule has 0 radical (unpaired) electrons. The number of halogens is 1. The first-order chi connectivity index (χ1) is 9.16. The highest BCUT2D eigenvalue weighted by Gasteiger charge is 2.18. The summed E-state index contributed by atoms with van der Waals surface area (Å²) < 4.78 is 6.14. The number of rotatable bonds is 7. The lowest BCUT2D eigenvalue weighted by Gasteiger charge is -2.14. The van der Waals surface area contributed by atoms with Crippen molar-refractivity contribution in [2.24, 2.45) is 0 Å². The fraction of sp³-hybridized carbons (Fsp3) is 0.308. The molecule has 0 aliphatic carbocycles. The summed E-state index contributed by atoms with van der Waals surface area (Å²) >= 11 is 7.44. The van der Waals surface area contributed by atoms with Gasteiger partial charge in [0.1, 0.15) is 11.8 Å². The topological polar surface area (TPSA) is 62.5 Å². The Morgan fingerprint density at radius 1 is 1.47 bits per heavy atom. The first-order valence-corrected chi connectivity index (χ1v) is 7.10. The van der Waals surface area contributed by atoms with Gasteiger partial charge in [-0.15, -0.1) is 11.3 Å². The van der Waals surface area contributed by atoms with E-state index in [1.165, 1.54) is 11.3 Å². The SMILES string of the molecule is O=C(O)CCCNC(c1ccco1)c1ccc(Cl)s1. The number of carboxylic acid groups (broad SMARTS) is 1. The van der Waals surface area contributed by atoms with Crippen LogP contribution in [-0.4, -0.2) is 17.6 Å². The number of furan rings is 1. The van der Waals surface area contributed by atoms with Crippen molar-refractivity contribution >= 4 is 28.9 Å². The Morgan fingerprint density at radius 2 is 2.32 bits per heavy atom. The summed E-state index contributed by atoms with van der Waals surface area (Å²) in [6, 6.07) is 7.43. The number of aliphatic carboxylic acids is 1. The number of nitrogens with one attached hydrogen (secondary N) is 1. The highest BCUT2D eigenvalue weighted by molar-refractivity contribution is 7.16. The summed E-state index contributed by atoms with van der Waals surface area (Å²) in [6.45, 7) is 0.604. The van der Waals surface area contributed by atoms with E-state index in [4.69, 9.17) is 21.1 Å². The average molecular weight is 300 g/mol. The predicted molar refractivity (Wildman–Crippen MR) is 74.8 cm³/mol. The largest absolute Gasteiger partial charge is 0.481 e. The van der Waals surface area contributed by atoms with Crippen LogP contribution in [0.15, 0.2) is 34.9 Å². The number of hydrogen-bond donors (Lipinski definition) is 2. The summed E-state index contributed by atoms with van der Waals surface area (Å²) in [5.74, 6) is 0.0179. The van der Waals surface area contributed by atoms with Gasteiger partial charge in [-0.25, -0.2) is 0 Å². The van der Waals surface area contributed by atoms with Crippen LogP contribution < -0.4 is 5.32 Å². The molecule has 2 aromatic heterocycles. The van der Waals surface area contributed by atoms with Crippen molar-refractivity contribution in [3.05, 3.63) is 45.5 Å². The molecular formula is C13H14ClNO3S. The summed E-state index contributed by atoms with van der Waals surface area (Å²) in [5.41, 5.74) is 0. The van der Waals surface area contributed by atoms with E-state index in [1.54, 1.807) is 6.26 Å². The standard InChI is InChI=1S/C13H14ClNO3S/c14-11-6-5-10(19-11)13(9-3-2-8-18-9)15-7-1-4-12(16)17/h2-3,5-6,8,13,15H,1,4,7H2,(H,16,17). The third kappa shape index (κ3) is 4.09. The monoisotopic (exact) mass is 299 g/mol. The van der Waals surface area contributed by atoms with Crippen molar-refractivity contribution in [1.29, 1.82) is 0 Å². The minimum Gasteiger partial charge on any atom is -0.481 e. The summed E-state index contributed by atoms with van der Waals surface area (Å²) in [5, 5.41) is 11.9. The zero-order chi connectivity index (χ0) is 13.7. The van der Waals surface area contributed by atoms with Gasteiger partial charge in [0.05, 0.1) is 10.6 Å². The van der Waals surface area contributed by atoms with Gasteiger partial charge in [-0.2, -0.15) is 0 Å². The van der Waals surface area contributed by atoms with Gasteiger partial charge in [0, 0.05) is 11.3 Å². The number of carbonyl (C=O) groups is 1. The van der Waals surface area contributed by atoms with Gasteiger partial charge in [-0.1, -0.05) is 11.6 Å². The second kappa shape index (κ2) is 6.75. The summed E-state index contributed by atoms with van der Waals surface area (Å²) in [6.07, 6.45) is 2.35. The molecule has 0 aromatic carbocycles. The fourth-order valence-electron chi connectivity index (χ4n) is 1.77. The molecule has 0 amide bonds. The average Bonchev–Trinajstić information content (AvgIpc) is 3.00. The van der Waals surface area contributed by atoms with Crippen molar-refractivity contribution in [3.63, 3.8) is 0 Å². The predicted octanol–water partition coefficient (Wildman–Crippen LogP) is 3.54. The molecule has 0 spiro atoms. The van der Waals surface area contributed by atoms with Crippen LogP contribution >= 0.6 is 22.9 Å². The van der Waals surface area contributed by atoms with Crippen molar-refractivity contribution in [2.45, 2.75) is 18.9 Å². The van der Waals surface area contributed by atoms with Crippen LogP contribution in [0.25, 0.3) is 0 Å². The Bertz CT molecular complexity index is 524. The van der Waals surface area contributed by atoms with Crippen LogP contribution in [0.2, 0.25) is 4.34 Å². The van der Waals surface area contributed by atoms with Crippen LogP contribution in [0.4, 0.5) is 0 Å². The smallest absolute Gasteiger partial charge is 0.303 e. The molecule has 2 heterocycles. The van der Waals surface area contributed by atoms with Crippen LogP contribution in [0.1, 0.15) is 29.5 Å². The van der Waals surface area contributed by atoms with E-state index in [0.29, 0.717) is 13.0 Å². The number of thiophene rings is 1. The van der Waals surface area contributed by atoms with E-state index in [1.807, 2.05) is 24.3 Å². The minimum absolute atomic E-state index is 0.0821. The molecule has 0 aliphatic rings. The maximum absolute atomic E-state index is 10.5. The molecule has 102 valence electrons. The van der Waals surface area contributed by atoms with Crippen molar-refractivity contribution < 1.29 is 14.3 Å². The molecule has 1 atom stereocenters. The van der Waals surface area contributed by atoms with Crippen LogP contribution in [0, 0.1) is 0 Å². The van der Waals surface area contributed by atoms with Crippen LogP contribution in [0.3, 0.4) is 0 Å². The molecule has 6 heteroatoms. The number of hydrogen-bond acceptors (Lipinski definition) is 4. The van der Waals surface area contributed by atoms with Crippen molar-refractivity contribution in [1.82, 2.24) is 5.32 Å². The Morgan fingerprint density at radius 3 is 2.89 bits per heavy atom. The van der Waals surface area contributed by atoms with Crippen LogP contribution in [0.5, 0.6) is 0 Å². The lowest BCUT2D eigenvalue weighted by atomic mass is 10.2. The van der Waals surface area contributed by atoms with Crippen LogP contribution in [-0.2, 0) is 4.79 Å². The second-order valence-electron chi connectivity index (χ2n) is 4.04. The van der Waals surface area contributed by atoms with Crippen molar-refractivity contribution in [3.8, 4) is 0 Å². The molecule has 4 nitrogen and oxygen atoms in total. The molecule has 0 bridgehead atoms. The first-order valence-electron chi connectivity index (χ1n) is 5.90. The highest BCUT2D eigenvalue weighted by Crippen LogP contribution is 2.31. The van der Waals surface area contributed by atoms with E-state index in [-0.39, 0.29) is 12.5 Å². The third-order valence-electron chi connectivity index (χ3n) is 2.62. The van der Waals surface area contributed by atoms with Gasteiger partial charge in [-0.3, -0.25) is 4.79 Å². The molecule has 1 unspecified atom stereocenters. The Kier molecular flexibility index (Phi) is 5.01. The lowest BCUT2D eigenvalue weighted by Crippen LogP contribution is -2.22. The Labute approximate surface area is 120 Å². The Balaban J connectivity index is 2.01. The first kappa shape index (κ1) is 14.1. The fourth-order valence-corrected chi connectivity index (χ4v) is 2.91. The second-order valence-corrected chi connectivity index (χ2v) is 5.79. The van der Waals surface area contributed by atoms with E-state index in [0.717, 1.165) is 15.0 Å². The van der Waals surface area contributed by atoms with Gasteiger partial charge in [0.15, 0.2) is 0 Å². The number of carboxylic acids is 1. The summed E-state index contributed by atoms with van der Waals surface area (Å²) in [4.78, 5) is 11.5. The molecule has 0 fully saturated rings. The molecule has 2 N–H and O–H groups in total. The zero-order valence-electron chi connectivity index (χ0n) is 10.1. The molecule has 19 heavy (non-hydrogen) atoms. The maximum atomic E-state index is 10.5. The maximum Gasteiger partial charge on any atom is 0.303 e. The van der Waals surface area contributed by atoms with Gasteiger partial charge < -0.3 is 14.8 Å². The lowest BCUT2D eigenvalue weighted by molar-refractivity contribution is -0.137. The molecule has 0 saturated carbocycles. The molecule has 2 aromatic rings. The van der Waals surface area contributed by atoms with Gasteiger partial charge in [-0.05, 0) is 37.2 Å². The molecule has 0 saturated heterocycles. The molecule has 0 aliphatic heterocycles. The van der Waals surface area contributed by atoms with E-state index in [2.05, 4.69) is 5.32 Å². The molecule has 2 rings (SSSR count). The van der Waals surface area contributed by atoms with Crippen molar-refractivity contribution in [2.75, 3.05) is 6.54 Å². The summed E-state index contributed by atoms with van der Waals surface area (Å²) in [7, 11) is 0. The zero-order valence-corrected chi connectivity index (χ0v) is 11.7. The quantitative estimate of drug-likeness (QED) is 0.768.